The fourth-order valence-corrected chi connectivity index (χ4v) is 6.00. The standard InChI is InChI=1S/2C21H39.Sr/c2*1-5-9-13-15-19-21(17-12-8-4)20(16-11-7-3)18-14-10-6-2;/h2*6,10,14,20-21H,5,7-9,11-13,15-17,19H2,1-4H3;/q2*-1;+2. The number of hydrogen-bond donors (Lipinski definition) is 0. The van der Waals surface area contributed by atoms with Gasteiger partial charge in [0.2, 0.25) is 0 Å². The number of allylic oxidation sites excluding steroid dienone is 8. The van der Waals surface area contributed by atoms with Crippen molar-refractivity contribution in [3.8, 4) is 0 Å². The molecule has 0 saturated carbocycles. The summed E-state index contributed by atoms with van der Waals surface area (Å²) in [5, 5.41) is 0. The van der Waals surface area contributed by atoms with Crippen LogP contribution in [0.4, 0.5) is 0 Å². The SMILES string of the molecule is CC=CC=[C-]C(CCCC)C(CCCC)CCCCCC.CC=CC=[C-]C(CCCC)C(CCCC)CCCCCC.[Sr+2]. The number of hydrogen-bond acceptors (Lipinski definition) is 0. The van der Waals surface area contributed by atoms with Gasteiger partial charge in [-0.25, -0.2) is 24.3 Å². The van der Waals surface area contributed by atoms with Crippen LogP contribution in [0.3, 0.4) is 0 Å². The number of unbranched alkanes of at least 4 members (excludes halogenated alkanes) is 10. The summed E-state index contributed by atoms with van der Waals surface area (Å²) >= 11 is 0. The van der Waals surface area contributed by atoms with Crippen LogP contribution in [0.25, 0.3) is 0 Å². The van der Waals surface area contributed by atoms with Crippen molar-refractivity contribution in [3.63, 3.8) is 0 Å². The molecule has 0 aliphatic rings. The van der Waals surface area contributed by atoms with Crippen LogP contribution in [-0.4, -0.2) is 45.5 Å². The quantitative estimate of drug-likeness (QED) is 0.0336. The average molecular weight is 671 g/mol. The Hall–Kier alpha value is 0.441. The van der Waals surface area contributed by atoms with Gasteiger partial charge < -0.3 is 0 Å². The molecule has 0 aliphatic carbocycles. The van der Waals surface area contributed by atoms with Gasteiger partial charge in [-0.15, -0.1) is 0 Å². The molecule has 0 heterocycles. The monoisotopic (exact) mass is 671 g/mol. The van der Waals surface area contributed by atoms with Crippen molar-refractivity contribution < 1.29 is 0 Å². The summed E-state index contributed by atoms with van der Waals surface area (Å²) in [6.07, 6.45) is 50.3. The van der Waals surface area contributed by atoms with E-state index in [-0.39, 0.29) is 45.5 Å². The Kier molecular flexibility index (Phi) is 45.0. The van der Waals surface area contributed by atoms with E-state index in [0.29, 0.717) is 11.8 Å². The summed E-state index contributed by atoms with van der Waals surface area (Å²) in [5.74, 6) is 3.06. The van der Waals surface area contributed by atoms with E-state index in [9.17, 15) is 0 Å². The minimum absolute atomic E-state index is 0. The van der Waals surface area contributed by atoms with Crippen LogP contribution < -0.4 is 0 Å². The summed E-state index contributed by atoms with van der Waals surface area (Å²) in [6, 6.07) is 0. The van der Waals surface area contributed by atoms with Crippen molar-refractivity contribution in [1.82, 2.24) is 0 Å². The molecular weight excluding hydrogens is 592 g/mol. The van der Waals surface area contributed by atoms with Crippen molar-refractivity contribution >= 4 is 45.5 Å². The normalized spacial score (nSPS) is 14.7. The first-order valence-corrected chi connectivity index (χ1v) is 19.0. The van der Waals surface area contributed by atoms with Crippen LogP contribution in [0, 0.1) is 35.8 Å². The van der Waals surface area contributed by atoms with Crippen molar-refractivity contribution in [1.29, 1.82) is 0 Å². The third-order valence-electron chi connectivity index (χ3n) is 8.79. The predicted molar refractivity (Wildman–Crippen MR) is 201 cm³/mol. The molecule has 0 fully saturated rings. The van der Waals surface area contributed by atoms with Crippen LogP contribution in [0.2, 0.25) is 0 Å². The van der Waals surface area contributed by atoms with E-state index in [1.165, 1.54) is 141 Å². The Morgan fingerprint density at radius 3 is 1.00 bits per heavy atom. The van der Waals surface area contributed by atoms with E-state index in [1.807, 2.05) is 0 Å². The molecule has 0 bridgehead atoms. The van der Waals surface area contributed by atoms with Gasteiger partial charge in [-0.1, -0.05) is 220 Å². The topological polar surface area (TPSA) is 0 Å². The van der Waals surface area contributed by atoms with Crippen molar-refractivity contribution in [3.05, 3.63) is 48.6 Å². The van der Waals surface area contributed by atoms with Crippen LogP contribution in [0.1, 0.15) is 197 Å². The molecule has 0 radical (unpaired) electrons. The Morgan fingerprint density at radius 1 is 0.395 bits per heavy atom. The van der Waals surface area contributed by atoms with Crippen molar-refractivity contribution in [2.45, 2.75) is 197 Å². The molecule has 4 atom stereocenters. The minimum atomic E-state index is 0. The maximum absolute atomic E-state index is 3.69. The zero-order chi connectivity index (χ0) is 31.5. The summed E-state index contributed by atoms with van der Waals surface area (Å²) in [4.78, 5) is 0. The largest absolute Gasteiger partial charge is 2.00 e. The first-order chi connectivity index (χ1) is 20.6. The summed E-state index contributed by atoms with van der Waals surface area (Å²) < 4.78 is 0. The molecule has 0 aromatic rings. The first-order valence-electron chi connectivity index (χ1n) is 19.0. The van der Waals surface area contributed by atoms with Gasteiger partial charge in [-0.3, -0.25) is 12.2 Å². The summed E-state index contributed by atoms with van der Waals surface area (Å²) in [5.41, 5.74) is 0. The molecule has 0 rings (SSSR count). The Bertz CT molecular complexity index is 558. The minimum Gasteiger partial charge on any atom is -0.272 e. The zero-order valence-corrected chi connectivity index (χ0v) is 34.5. The Labute approximate surface area is 311 Å². The van der Waals surface area contributed by atoms with E-state index < -0.39 is 0 Å². The summed E-state index contributed by atoms with van der Waals surface area (Å²) in [6.45, 7) is 18.0. The summed E-state index contributed by atoms with van der Waals surface area (Å²) in [7, 11) is 0. The van der Waals surface area contributed by atoms with Gasteiger partial charge in [0.1, 0.15) is 0 Å². The van der Waals surface area contributed by atoms with E-state index in [1.54, 1.807) is 0 Å². The second kappa shape index (κ2) is 40.5. The second-order valence-electron chi connectivity index (χ2n) is 12.7. The van der Waals surface area contributed by atoms with Crippen LogP contribution in [0.15, 0.2) is 36.5 Å². The molecule has 0 saturated heterocycles. The third kappa shape index (κ3) is 32.2. The fraction of sp³-hybridized carbons (Fsp3) is 0.810. The van der Waals surface area contributed by atoms with E-state index in [4.69, 9.17) is 0 Å². The fourth-order valence-electron chi connectivity index (χ4n) is 6.00. The zero-order valence-electron chi connectivity index (χ0n) is 31.0. The molecule has 0 aromatic carbocycles. The van der Waals surface area contributed by atoms with Crippen LogP contribution >= 0.6 is 0 Å². The van der Waals surface area contributed by atoms with Gasteiger partial charge in [0.25, 0.3) is 0 Å². The molecule has 0 nitrogen and oxygen atoms in total. The molecule has 43 heavy (non-hydrogen) atoms. The van der Waals surface area contributed by atoms with E-state index in [2.05, 4.69) is 104 Å². The van der Waals surface area contributed by atoms with Gasteiger partial charge in [0, 0.05) is 0 Å². The van der Waals surface area contributed by atoms with E-state index >= 15 is 0 Å². The van der Waals surface area contributed by atoms with Crippen LogP contribution in [-0.2, 0) is 0 Å². The third-order valence-corrected chi connectivity index (χ3v) is 8.79. The molecule has 0 aromatic heterocycles. The Morgan fingerprint density at radius 2 is 0.698 bits per heavy atom. The molecule has 0 spiro atoms. The smallest absolute Gasteiger partial charge is 0.272 e. The molecule has 248 valence electrons. The van der Waals surface area contributed by atoms with Gasteiger partial charge in [-0.05, 0) is 0 Å². The maximum Gasteiger partial charge on any atom is 2.00 e. The van der Waals surface area contributed by atoms with Gasteiger partial charge >= 0.3 is 45.5 Å². The molecule has 0 amide bonds. The molecule has 4 unspecified atom stereocenters. The van der Waals surface area contributed by atoms with E-state index in [0.717, 1.165) is 11.8 Å². The van der Waals surface area contributed by atoms with Gasteiger partial charge in [-0.2, -0.15) is 12.2 Å². The second-order valence-corrected chi connectivity index (χ2v) is 12.7. The average Bonchev–Trinajstić information content (AvgIpc) is 3.00. The Balaban J connectivity index is -0.000000727. The van der Waals surface area contributed by atoms with Gasteiger partial charge in [0.05, 0.1) is 0 Å². The van der Waals surface area contributed by atoms with Gasteiger partial charge in [0.15, 0.2) is 0 Å². The number of rotatable bonds is 28. The molecular formula is C42H78Sr. The molecule has 0 N–H and O–H groups in total. The van der Waals surface area contributed by atoms with Crippen molar-refractivity contribution in [2.75, 3.05) is 0 Å². The molecule has 0 aliphatic heterocycles. The molecule has 1 heteroatoms. The maximum atomic E-state index is 3.69. The van der Waals surface area contributed by atoms with Crippen molar-refractivity contribution in [2.24, 2.45) is 23.7 Å². The predicted octanol–water partition coefficient (Wildman–Crippen LogP) is 14.6. The van der Waals surface area contributed by atoms with Crippen LogP contribution in [0.5, 0.6) is 0 Å². The first kappa shape index (κ1) is 47.8.